The van der Waals surface area contributed by atoms with Crippen molar-refractivity contribution in [3.05, 3.63) is 36.0 Å². The smallest absolute Gasteiger partial charge is 0.163 e. The number of H-pyrrole nitrogens is 1. The zero-order chi connectivity index (χ0) is 19.6. The summed E-state index contributed by atoms with van der Waals surface area (Å²) in [5.74, 6) is 1.52. The van der Waals surface area contributed by atoms with Crippen LogP contribution in [-0.4, -0.2) is 53.2 Å². The molecule has 7 heteroatoms. The standard InChI is InChI=1S/C22H24N4O2S/c1-27-18-13-15-17(14-19(18)28-11-4-10-26-8-2-3-9-26)25-16-5-6-23-21(20(15)16)22-24-7-12-29-22/h5-7,12-14,25H,2-4,8-11H2,1H3. The van der Waals surface area contributed by atoms with E-state index in [1.54, 1.807) is 18.4 Å². The highest BCUT2D eigenvalue weighted by atomic mass is 32.1. The van der Waals surface area contributed by atoms with Gasteiger partial charge in [-0.3, -0.25) is 4.98 Å². The molecule has 0 aliphatic carbocycles. The number of benzene rings is 1. The molecule has 29 heavy (non-hydrogen) atoms. The van der Waals surface area contributed by atoms with E-state index in [1.165, 1.54) is 25.9 Å². The van der Waals surface area contributed by atoms with Crippen LogP contribution in [0, 0.1) is 0 Å². The third-order valence-electron chi connectivity index (χ3n) is 5.50. The highest BCUT2D eigenvalue weighted by molar-refractivity contribution is 7.13. The Bertz CT molecular complexity index is 1120. The predicted molar refractivity (Wildman–Crippen MR) is 117 cm³/mol. The maximum absolute atomic E-state index is 6.10. The molecule has 4 aromatic rings. The van der Waals surface area contributed by atoms with E-state index in [0.717, 1.165) is 57.0 Å². The second kappa shape index (κ2) is 8.00. The molecule has 1 aliphatic heterocycles. The van der Waals surface area contributed by atoms with Gasteiger partial charge < -0.3 is 19.4 Å². The highest BCUT2D eigenvalue weighted by Gasteiger charge is 2.17. The quantitative estimate of drug-likeness (QED) is 0.449. The Morgan fingerprint density at radius 1 is 1.10 bits per heavy atom. The van der Waals surface area contributed by atoms with Gasteiger partial charge in [0.2, 0.25) is 0 Å². The predicted octanol–water partition coefficient (Wildman–Crippen LogP) is 4.71. The van der Waals surface area contributed by atoms with Gasteiger partial charge in [0, 0.05) is 41.2 Å². The van der Waals surface area contributed by atoms with Crippen LogP contribution in [0.4, 0.5) is 0 Å². The topological polar surface area (TPSA) is 63.3 Å². The molecule has 5 rings (SSSR count). The van der Waals surface area contributed by atoms with Crippen molar-refractivity contribution in [2.75, 3.05) is 33.4 Å². The molecule has 3 aromatic heterocycles. The summed E-state index contributed by atoms with van der Waals surface area (Å²) in [4.78, 5) is 15.1. The van der Waals surface area contributed by atoms with Crippen molar-refractivity contribution in [1.29, 1.82) is 0 Å². The molecule has 0 bridgehead atoms. The molecular weight excluding hydrogens is 384 g/mol. The molecule has 0 unspecified atom stereocenters. The van der Waals surface area contributed by atoms with Crippen LogP contribution >= 0.6 is 11.3 Å². The average molecular weight is 409 g/mol. The summed E-state index contributed by atoms with van der Waals surface area (Å²) in [5.41, 5.74) is 2.94. The average Bonchev–Trinajstić information content (AvgIpc) is 3.51. The zero-order valence-electron chi connectivity index (χ0n) is 16.5. The number of nitrogens with one attached hydrogen (secondary N) is 1. The fourth-order valence-electron chi connectivity index (χ4n) is 4.11. The van der Waals surface area contributed by atoms with Crippen LogP contribution in [-0.2, 0) is 0 Å². The van der Waals surface area contributed by atoms with Crippen molar-refractivity contribution >= 4 is 33.1 Å². The minimum absolute atomic E-state index is 0.685. The van der Waals surface area contributed by atoms with E-state index in [1.807, 2.05) is 36.0 Å². The Kier molecular flexibility index (Phi) is 5.08. The molecule has 1 aromatic carbocycles. The molecule has 1 fully saturated rings. The lowest BCUT2D eigenvalue weighted by Gasteiger charge is -2.15. The molecule has 150 valence electrons. The van der Waals surface area contributed by atoms with Gasteiger partial charge in [0.05, 0.1) is 24.8 Å². The van der Waals surface area contributed by atoms with Gasteiger partial charge in [0.25, 0.3) is 0 Å². The lowest BCUT2D eigenvalue weighted by molar-refractivity contribution is 0.254. The van der Waals surface area contributed by atoms with Crippen molar-refractivity contribution in [1.82, 2.24) is 19.9 Å². The highest BCUT2D eigenvalue weighted by Crippen LogP contribution is 2.39. The van der Waals surface area contributed by atoms with Crippen LogP contribution < -0.4 is 9.47 Å². The molecule has 0 atom stereocenters. The lowest BCUT2D eigenvalue weighted by Crippen LogP contribution is -2.21. The first-order valence-corrected chi connectivity index (χ1v) is 10.9. The van der Waals surface area contributed by atoms with Crippen LogP contribution in [0.5, 0.6) is 11.5 Å². The van der Waals surface area contributed by atoms with Crippen LogP contribution in [0.15, 0.2) is 36.0 Å². The van der Waals surface area contributed by atoms with E-state index < -0.39 is 0 Å². The Morgan fingerprint density at radius 2 is 2.00 bits per heavy atom. The molecule has 4 heterocycles. The van der Waals surface area contributed by atoms with Crippen LogP contribution in [0.1, 0.15) is 19.3 Å². The molecule has 6 nitrogen and oxygen atoms in total. The van der Waals surface area contributed by atoms with Crippen molar-refractivity contribution in [2.24, 2.45) is 0 Å². The SMILES string of the molecule is COc1cc2c(cc1OCCCN1CCCC1)[nH]c1ccnc(-c3nccs3)c12. The van der Waals surface area contributed by atoms with E-state index in [4.69, 9.17) is 9.47 Å². The van der Waals surface area contributed by atoms with Gasteiger partial charge in [-0.15, -0.1) is 11.3 Å². The molecule has 0 spiro atoms. The monoisotopic (exact) mass is 408 g/mol. The van der Waals surface area contributed by atoms with Crippen LogP contribution in [0.3, 0.4) is 0 Å². The van der Waals surface area contributed by atoms with Gasteiger partial charge in [0.15, 0.2) is 11.5 Å². The number of hydrogen-bond acceptors (Lipinski definition) is 6. The second-order valence-electron chi connectivity index (χ2n) is 7.34. The molecule has 0 amide bonds. The minimum atomic E-state index is 0.685. The number of aromatic nitrogens is 3. The van der Waals surface area contributed by atoms with E-state index in [2.05, 4.69) is 19.9 Å². The molecule has 0 saturated carbocycles. The van der Waals surface area contributed by atoms with E-state index in [9.17, 15) is 0 Å². The summed E-state index contributed by atoms with van der Waals surface area (Å²) in [6.07, 6.45) is 7.30. The Labute approximate surface area is 173 Å². The first-order valence-electron chi connectivity index (χ1n) is 10.1. The maximum atomic E-state index is 6.10. The third kappa shape index (κ3) is 3.56. The zero-order valence-corrected chi connectivity index (χ0v) is 17.3. The molecule has 1 saturated heterocycles. The Hall–Kier alpha value is -2.64. The number of rotatable bonds is 7. The van der Waals surface area contributed by atoms with Crippen LogP contribution in [0.2, 0.25) is 0 Å². The summed E-state index contributed by atoms with van der Waals surface area (Å²) in [7, 11) is 1.69. The second-order valence-corrected chi connectivity index (χ2v) is 8.24. The van der Waals surface area contributed by atoms with Crippen molar-refractivity contribution in [3.8, 4) is 22.2 Å². The number of ether oxygens (including phenoxy) is 2. The first-order chi connectivity index (χ1) is 14.3. The fourth-order valence-corrected chi connectivity index (χ4v) is 4.74. The normalized spacial score (nSPS) is 14.8. The number of fused-ring (bicyclic) bond motifs is 3. The molecule has 1 aliphatic rings. The van der Waals surface area contributed by atoms with Crippen molar-refractivity contribution in [2.45, 2.75) is 19.3 Å². The van der Waals surface area contributed by atoms with Crippen LogP contribution in [0.25, 0.3) is 32.5 Å². The molecule has 0 radical (unpaired) electrons. The molecule has 1 N–H and O–H groups in total. The fraction of sp³-hybridized carbons (Fsp3) is 0.364. The number of nitrogens with zero attached hydrogens (tertiary/aromatic N) is 3. The first kappa shape index (κ1) is 18.4. The summed E-state index contributed by atoms with van der Waals surface area (Å²) < 4.78 is 11.7. The van der Waals surface area contributed by atoms with Gasteiger partial charge in [-0.25, -0.2) is 4.98 Å². The minimum Gasteiger partial charge on any atom is -0.493 e. The maximum Gasteiger partial charge on any atom is 0.163 e. The van der Waals surface area contributed by atoms with Crippen molar-refractivity contribution < 1.29 is 9.47 Å². The number of thiazole rings is 1. The van der Waals surface area contributed by atoms with Gasteiger partial charge in [-0.1, -0.05) is 0 Å². The van der Waals surface area contributed by atoms with Gasteiger partial charge >= 0.3 is 0 Å². The van der Waals surface area contributed by atoms with Crippen molar-refractivity contribution in [3.63, 3.8) is 0 Å². The Morgan fingerprint density at radius 3 is 2.79 bits per heavy atom. The number of methoxy groups -OCH3 is 1. The number of likely N-dealkylation sites (tertiary alicyclic amines) is 1. The van der Waals surface area contributed by atoms with Gasteiger partial charge in [0.1, 0.15) is 10.7 Å². The summed E-state index contributed by atoms with van der Waals surface area (Å²) >= 11 is 1.59. The van der Waals surface area contributed by atoms with E-state index in [0.29, 0.717) is 6.61 Å². The molecular formula is C22H24N4O2S. The van der Waals surface area contributed by atoms with E-state index in [-0.39, 0.29) is 0 Å². The largest absolute Gasteiger partial charge is 0.493 e. The number of pyridine rings is 1. The van der Waals surface area contributed by atoms with E-state index >= 15 is 0 Å². The number of hydrogen-bond donors (Lipinski definition) is 1. The lowest BCUT2D eigenvalue weighted by atomic mass is 10.1. The third-order valence-corrected chi connectivity index (χ3v) is 6.28. The summed E-state index contributed by atoms with van der Waals surface area (Å²) in [6, 6.07) is 6.08. The van der Waals surface area contributed by atoms with Gasteiger partial charge in [-0.2, -0.15) is 0 Å². The summed E-state index contributed by atoms with van der Waals surface area (Å²) in [5, 5.41) is 5.02. The Balaban J connectivity index is 1.45. The summed E-state index contributed by atoms with van der Waals surface area (Å²) in [6.45, 7) is 4.23. The number of aromatic amines is 1. The van der Waals surface area contributed by atoms with Gasteiger partial charge in [-0.05, 0) is 44.5 Å².